The Morgan fingerprint density at radius 2 is 1.45 bits per heavy atom. The summed E-state index contributed by atoms with van der Waals surface area (Å²) in [7, 11) is 0. The second-order valence-electron chi connectivity index (χ2n) is 8.59. The summed E-state index contributed by atoms with van der Waals surface area (Å²) in [5.41, 5.74) is 9.29. The first-order chi connectivity index (χ1) is 15.3. The molecule has 0 heterocycles. The zero-order valence-electron chi connectivity index (χ0n) is 17.7. The maximum Gasteiger partial charge on any atom is -0.00268 e. The van der Waals surface area contributed by atoms with Crippen molar-refractivity contribution in [3.63, 3.8) is 0 Å². The second kappa shape index (κ2) is 7.25. The second-order valence-corrected chi connectivity index (χ2v) is 8.59. The highest BCUT2D eigenvalue weighted by atomic mass is 14.2. The third kappa shape index (κ3) is 3.07. The number of rotatable bonds is 2. The maximum absolute atomic E-state index is 2.36. The molecule has 5 aromatic carbocycles. The van der Waals surface area contributed by atoms with Gasteiger partial charge in [-0.15, -0.1) is 0 Å². The summed E-state index contributed by atoms with van der Waals surface area (Å²) in [5, 5.41) is 5.25. The van der Waals surface area contributed by atoms with Crippen molar-refractivity contribution in [3.8, 4) is 22.3 Å². The highest BCUT2D eigenvalue weighted by Gasteiger charge is 2.14. The van der Waals surface area contributed by atoms with Crippen molar-refractivity contribution < 1.29 is 0 Å². The van der Waals surface area contributed by atoms with Crippen LogP contribution >= 0.6 is 0 Å². The van der Waals surface area contributed by atoms with E-state index < -0.39 is 0 Å². The summed E-state index contributed by atoms with van der Waals surface area (Å²) in [6.45, 7) is 2.15. The molecule has 0 unspecified atom stereocenters. The van der Waals surface area contributed by atoms with Crippen molar-refractivity contribution in [2.24, 2.45) is 0 Å². The summed E-state index contributed by atoms with van der Waals surface area (Å²) in [6.07, 6.45) is 6.89. The molecule has 0 amide bonds. The minimum Gasteiger partial charge on any atom is -0.0836 e. The lowest BCUT2D eigenvalue weighted by Crippen LogP contribution is -1.95. The predicted octanol–water partition coefficient (Wildman–Crippen LogP) is 8.59. The van der Waals surface area contributed by atoms with Crippen LogP contribution in [0.2, 0.25) is 0 Å². The Morgan fingerprint density at radius 1 is 0.645 bits per heavy atom. The molecule has 6 rings (SSSR count). The Morgan fingerprint density at radius 3 is 2.35 bits per heavy atom. The molecule has 0 nitrogen and oxygen atoms in total. The number of benzene rings is 5. The van der Waals surface area contributed by atoms with E-state index in [-0.39, 0.29) is 0 Å². The van der Waals surface area contributed by atoms with Crippen LogP contribution in [0.15, 0.2) is 97.1 Å². The summed E-state index contributed by atoms with van der Waals surface area (Å²) in [4.78, 5) is 0. The molecule has 31 heavy (non-hydrogen) atoms. The number of hydrogen-bond acceptors (Lipinski definition) is 0. The zero-order valence-corrected chi connectivity index (χ0v) is 17.7. The van der Waals surface area contributed by atoms with E-state index in [2.05, 4.69) is 110 Å². The number of fused-ring (bicyclic) bond motifs is 4. The highest BCUT2D eigenvalue weighted by molar-refractivity contribution is 6.05. The van der Waals surface area contributed by atoms with Crippen molar-refractivity contribution in [3.05, 3.63) is 114 Å². The van der Waals surface area contributed by atoms with Crippen LogP contribution in [0, 0.1) is 6.92 Å². The molecular formula is C31H24. The monoisotopic (exact) mass is 396 g/mol. The average Bonchev–Trinajstić information content (AvgIpc) is 2.83. The fourth-order valence-electron chi connectivity index (χ4n) is 4.96. The van der Waals surface area contributed by atoms with Gasteiger partial charge in [-0.2, -0.15) is 0 Å². The van der Waals surface area contributed by atoms with Gasteiger partial charge in [-0.1, -0.05) is 103 Å². The highest BCUT2D eigenvalue weighted by Crippen LogP contribution is 2.40. The van der Waals surface area contributed by atoms with Gasteiger partial charge in [0.15, 0.2) is 0 Å². The van der Waals surface area contributed by atoms with Crippen LogP contribution < -0.4 is 0 Å². The SMILES string of the molecule is Cc1ccc(-c2c(-c3ccc4c5c(ccc4c3)CCC=C5)ccc3ccccc23)cc1. The largest absolute Gasteiger partial charge is 0.0836 e. The molecule has 0 aliphatic heterocycles. The molecular weight excluding hydrogens is 372 g/mol. The molecule has 0 aromatic heterocycles. The Bertz CT molecular complexity index is 1470. The van der Waals surface area contributed by atoms with Crippen LogP contribution in [0.5, 0.6) is 0 Å². The van der Waals surface area contributed by atoms with Gasteiger partial charge in [-0.3, -0.25) is 0 Å². The van der Waals surface area contributed by atoms with Crippen LogP contribution in [0.1, 0.15) is 23.1 Å². The summed E-state index contributed by atoms with van der Waals surface area (Å²) in [6, 6.07) is 33.8. The van der Waals surface area contributed by atoms with Crippen LogP contribution in [-0.2, 0) is 6.42 Å². The Kier molecular flexibility index (Phi) is 4.25. The molecule has 0 saturated carbocycles. The van der Waals surface area contributed by atoms with E-state index in [1.165, 1.54) is 60.5 Å². The Labute approximate surface area is 183 Å². The number of aryl methyl sites for hydroxylation is 2. The van der Waals surface area contributed by atoms with Crippen molar-refractivity contribution in [2.75, 3.05) is 0 Å². The lowest BCUT2D eigenvalue weighted by molar-refractivity contribution is 0.990. The molecule has 1 aliphatic carbocycles. The van der Waals surface area contributed by atoms with Gasteiger partial charge in [0.2, 0.25) is 0 Å². The van der Waals surface area contributed by atoms with E-state index in [9.17, 15) is 0 Å². The summed E-state index contributed by atoms with van der Waals surface area (Å²) >= 11 is 0. The standard InChI is InChI=1S/C31H24/c1-21-10-12-24(13-11-21)31-29-9-5-3-7-23(29)16-19-30(31)26-17-18-28-25(20-26)15-14-22-6-2-4-8-27(22)28/h3-5,7-20H,2,6H2,1H3. The van der Waals surface area contributed by atoms with Crippen LogP contribution in [-0.4, -0.2) is 0 Å². The van der Waals surface area contributed by atoms with Gasteiger partial charge in [-0.05, 0) is 80.8 Å². The topological polar surface area (TPSA) is 0 Å². The molecule has 0 fully saturated rings. The first-order valence-corrected chi connectivity index (χ1v) is 11.1. The predicted molar refractivity (Wildman–Crippen MR) is 134 cm³/mol. The van der Waals surface area contributed by atoms with Crippen molar-refractivity contribution in [1.29, 1.82) is 0 Å². The van der Waals surface area contributed by atoms with E-state index in [4.69, 9.17) is 0 Å². The van der Waals surface area contributed by atoms with Gasteiger partial charge >= 0.3 is 0 Å². The molecule has 0 spiro atoms. The first-order valence-electron chi connectivity index (χ1n) is 11.1. The van der Waals surface area contributed by atoms with E-state index in [0.717, 1.165) is 12.8 Å². The van der Waals surface area contributed by atoms with Crippen molar-refractivity contribution in [1.82, 2.24) is 0 Å². The third-order valence-electron chi connectivity index (χ3n) is 6.60. The lowest BCUT2D eigenvalue weighted by Gasteiger charge is -2.17. The minimum atomic E-state index is 1.14. The van der Waals surface area contributed by atoms with Gasteiger partial charge in [0, 0.05) is 0 Å². The van der Waals surface area contributed by atoms with E-state index in [1.807, 2.05) is 0 Å². The van der Waals surface area contributed by atoms with Gasteiger partial charge in [0.1, 0.15) is 0 Å². The summed E-state index contributed by atoms with van der Waals surface area (Å²) in [5.74, 6) is 0. The average molecular weight is 397 g/mol. The molecule has 0 heteroatoms. The summed E-state index contributed by atoms with van der Waals surface area (Å²) < 4.78 is 0. The number of allylic oxidation sites excluding steroid dienone is 1. The maximum atomic E-state index is 2.36. The van der Waals surface area contributed by atoms with Gasteiger partial charge in [-0.25, -0.2) is 0 Å². The third-order valence-corrected chi connectivity index (χ3v) is 6.60. The molecule has 0 atom stereocenters. The van der Waals surface area contributed by atoms with Crippen LogP contribution in [0.4, 0.5) is 0 Å². The normalized spacial score (nSPS) is 12.9. The zero-order chi connectivity index (χ0) is 20.8. The molecule has 5 aromatic rings. The van der Waals surface area contributed by atoms with Gasteiger partial charge in [0.05, 0.1) is 0 Å². The molecule has 0 N–H and O–H groups in total. The quantitative estimate of drug-likeness (QED) is 0.280. The van der Waals surface area contributed by atoms with Gasteiger partial charge < -0.3 is 0 Å². The van der Waals surface area contributed by atoms with E-state index in [0.29, 0.717) is 0 Å². The smallest absolute Gasteiger partial charge is 0.00268 e. The van der Waals surface area contributed by atoms with Crippen LogP contribution in [0.3, 0.4) is 0 Å². The van der Waals surface area contributed by atoms with E-state index >= 15 is 0 Å². The molecule has 148 valence electrons. The lowest BCUT2D eigenvalue weighted by atomic mass is 9.87. The molecule has 1 aliphatic rings. The fourth-order valence-corrected chi connectivity index (χ4v) is 4.96. The first kappa shape index (κ1) is 18.2. The van der Waals surface area contributed by atoms with Gasteiger partial charge in [0.25, 0.3) is 0 Å². The van der Waals surface area contributed by atoms with Crippen LogP contribution in [0.25, 0.3) is 49.9 Å². The fraction of sp³-hybridized carbons (Fsp3) is 0.0968. The Balaban J connectivity index is 1.61. The van der Waals surface area contributed by atoms with Crippen molar-refractivity contribution >= 4 is 27.6 Å². The Hall–Kier alpha value is -3.64. The molecule has 0 saturated heterocycles. The molecule has 0 radical (unpaired) electrons. The van der Waals surface area contributed by atoms with E-state index in [1.54, 1.807) is 0 Å². The number of hydrogen-bond donors (Lipinski definition) is 0. The minimum absolute atomic E-state index is 1.14. The molecule has 0 bridgehead atoms. The van der Waals surface area contributed by atoms with Crippen molar-refractivity contribution in [2.45, 2.75) is 19.8 Å².